The Balaban J connectivity index is 1.37. The zero-order valence-corrected chi connectivity index (χ0v) is 18.1. The summed E-state index contributed by atoms with van der Waals surface area (Å²) in [5.41, 5.74) is 0.269. The largest absolute Gasteiger partial charge is 0.416 e. The lowest BCUT2D eigenvalue weighted by molar-refractivity contribution is -0.137. The Hall–Kier alpha value is -2.23. The van der Waals surface area contributed by atoms with Crippen molar-refractivity contribution in [2.75, 3.05) is 6.54 Å². The molecule has 9 heteroatoms. The van der Waals surface area contributed by atoms with Gasteiger partial charge in [-0.3, -0.25) is 4.79 Å². The molecule has 0 unspecified atom stereocenters. The van der Waals surface area contributed by atoms with Gasteiger partial charge in [0.15, 0.2) is 5.78 Å². The fourth-order valence-corrected chi connectivity index (χ4v) is 7.73. The van der Waals surface area contributed by atoms with Crippen LogP contribution in [-0.4, -0.2) is 42.0 Å². The summed E-state index contributed by atoms with van der Waals surface area (Å²) in [5, 5.41) is -0.682. The lowest BCUT2D eigenvalue weighted by Gasteiger charge is -2.26. The molecule has 1 spiro atoms. The van der Waals surface area contributed by atoms with E-state index in [1.165, 1.54) is 23.4 Å². The Labute approximate surface area is 184 Å². The number of Topliss-reactive ketones (excluding diaryl/α,β-unsaturated/α-hetero) is 1. The topological polar surface area (TPSA) is 63.7 Å². The molecule has 2 bridgehead atoms. The number of fused-ring (bicyclic) bond motifs is 1. The van der Waals surface area contributed by atoms with Crippen molar-refractivity contribution in [2.45, 2.75) is 55.4 Å². The van der Waals surface area contributed by atoms with E-state index in [1.807, 2.05) is 12.1 Å². The second kappa shape index (κ2) is 7.13. The van der Waals surface area contributed by atoms with Crippen molar-refractivity contribution in [2.24, 2.45) is 0 Å². The fraction of sp³-hybridized carbons (Fsp3) is 0.435. The number of nitrogens with zero attached hydrogens (tertiary/aromatic N) is 1. The molecular weight excluding hydrogens is 443 g/mol. The number of ether oxygens (including phenoxy) is 1. The van der Waals surface area contributed by atoms with Crippen molar-refractivity contribution in [3.8, 4) is 0 Å². The van der Waals surface area contributed by atoms with Crippen LogP contribution in [0.2, 0.25) is 0 Å². The first-order valence-corrected chi connectivity index (χ1v) is 11.9. The van der Waals surface area contributed by atoms with Crippen molar-refractivity contribution in [1.29, 1.82) is 0 Å². The van der Waals surface area contributed by atoms with Crippen LogP contribution in [0.4, 0.5) is 13.2 Å². The molecule has 170 valence electrons. The Bertz CT molecular complexity index is 1180. The lowest BCUT2D eigenvalue weighted by Crippen LogP contribution is -2.39. The van der Waals surface area contributed by atoms with Crippen LogP contribution in [-0.2, 0) is 27.5 Å². The molecule has 0 amide bonds. The van der Waals surface area contributed by atoms with Gasteiger partial charge in [-0.25, -0.2) is 8.42 Å². The van der Waals surface area contributed by atoms with E-state index in [4.69, 9.17) is 4.74 Å². The fourth-order valence-electron chi connectivity index (χ4n) is 5.44. The average Bonchev–Trinajstić information content (AvgIpc) is 3.34. The predicted molar refractivity (Wildman–Crippen MR) is 111 cm³/mol. The summed E-state index contributed by atoms with van der Waals surface area (Å²) in [4.78, 5) is 11.5. The highest BCUT2D eigenvalue weighted by Gasteiger charge is 2.68. The van der Waals surface area contributed by atoms with E-state index >= 15 is 0 Å². The van der Waals surface area contributed by atoms with Crippen molar-refractivity contribution < 1.29 is 31.1 Å². The molecule has 4 atom stereocenters. The number of benzene rings is 2. The molecule has 5 nitrogen and oxygen atoms in total. The van der Waals surface area contributed by atoms with Gasteiger partial charge in [0.2, 0.25) is 10.0 Å². The summed E-state index contributed by atoms with van der Waals surface area (Å²) in [6, 6.07) is 12.1. The molecule has 5 rings (SSSR count). The maximum absolute atomic E-state index is 13.2. The van der Waals surface area contributed by atoms with E-state index in [1.54, 1.807) is 12.1 Å². The van der Waals surface area contributed by atoms with Gasteiger partial charge >= 0.3 is 6.18 Å². The van der Waals surface area contributed by atoms with Gasteiger partial charge in [0, 0.05) is 24.6 Å². The number of carbonyl (C=O) groups is 1. The Morgan fingerprint density at radius 1 is 1.19 bits per heavy atom. The number of ketones is 1. The summed E-state index contributed by atoms with van der Waals surface area (Å²) in [6.07, 6.45) is -3.82. The van der Waals surface area contributed by atoms with E-state index in [2.05, 4.69) is 0 Å². The second-order valence-corrected chi connectivity index (χ2v) is 11.1. The van der Waals surface area contributed by atoms with Gasteiger partial charge in [0.25, 0.3) is 0 Å². The summed E-state index contributed by atoms with van der Waals surface area (Å²) in [7, 11) is -3.69. The van der Waals surface area contributed by atoms with Gasteiger partial charge in [0.1, 0.15) is 10.9 Å². The standard InChI is InChI=1S/C23H22F3NO4S/c1-14(28)16-5-7-17(8-6-16)19-11-22-13-27(32(29,30)21(22)10-20(19)31-22)12-15-3-2-4-18(9-15)23(24,25)26/h2-9,19-21H,10-13H2,1H3/t19-,20+,21-,22-/m0/s1. The minimum absolute atomic E-state index is 0.0217. The van der Waals surface area contributed by atoms with Crippen LogP contribution in [0.5, 0.6) is 0 Å². The molecular formula is C23H22F3NO4S. The minimum atomic E-state index is -4.48. The number of hydrogen-bond acceptors (Lipinski definition) is 4. The molecule has 2 aromatic rings. The number of rotatable bonds is 4. The van der Waals surface area contributed by atoms with Crippen molar-refractivity contribution in [3.05, 3.63) is 70.8 Å². The quantitative estimate of drug-likeness (QED) is 0.637. The van der Waals surface area contributed by atoms with Crippen molar-refractivity contribution >= 4 is 15.8 Å². The molecule has 0 saturated carbocycles. The Kier molecular flexibility index (Phi) is 4.82. The number of carbonyl (C=O) groups excluding carboxylic acids is 1. The number of hydrogen-bond donors (Lipinski definition) is 0. The number of halogens is 3. The first-order chi connectivity index (χ1) is 15.0. The third-order valence-electron chi connectivity index (χ3n) is 6.96. The normalized spacial score (nSPS) is 31.1. The number of sulfonamides is 1. The van der Waals surface area contributed by atoms with Crippen LogP contribution in [0, 0.1) is 0 Å². The first kappa shape index (κ1) is 21.6. The molecule has 32 heavy (non-hydrogen) atoms. The second-order valence-electron chi connectivity index (χ2n) is 8.95. The summed E-state index contributed by atoms with van der Waals surface area (Å²) < 4.78 is 73.0. The zero-order chi connectivity index (χ0) is 22.9. The minimum Gasteiger partial charge on any atom is -0.368 e. The van der Waals surface area contributed by atoms with E-state index in [0.717, 1.165) is 17.7 Å². The summed E-state index contributed by atoms with van der Waals surface area (Å²) in [5.74, 6) is 0.00230. The molecule has 3 fully saturated rings. The van der Waals surface area contributed by atoms with Crippen LogP contribution in [0.15, 0.2) is 48.5 Å². The summed E-state index contributed by atoms with van der Waals surface area (Å²) in [6.45, 7) is 1.52. The highest BCUT2D eigenvalue weighted by Crippen LogP contribution is 2.57. The molecule has 0 radical (unpaired) electrons. The van der Waals surface area contributed by atoms with Gasteiger partial charge in [0.05, 0.1) is 11.7 Å². The first-order valence-electron chi connectivity index (χ1n) is 10.4. The third-order valence-corrected chi connectivity index (χ3v) is 9.27. The van der Waals surface area contributed by atoms with Gasteiger partial charge in [-0.1, -0.05) is 42.5 Å². The van der Waals surface area contributed by atoms with E-state index in [-0.39, 0.29) is 30.9 Å². The molecule has 0 aromatic heterocycles. The van der Waals surface area contributed by atoms with E-state index in [0.29, 0.717) is 24.0 Å². The van der Waals surface area contributed by atoms with E-state index < -0.39 is 32.6 Å². The molecule has 3 heterocycles. The number of alkyl halides is 3. The molecule has 0 aliphatic carbocycles. The highest BCUT2D eigenvalue weighted by molar-refractivity contribution is 7.90. The van der Waals surface area contributed by atoms with Crippen molar-refractivity contribution in [1.82, 2.24) is 4.31 Å². The van der Waals surface area contributed by atoms with Crippen LogP contribution in [0.25, 0.3) is 0 Å². The lowest BCUT2D eigenvalue weighted by atomic mass is 9.77. The van der Waals surface area contributed by atoms with Gasteiger partial charge in [-0.2, -0.15) is 17.5 Å². The SMILES string of the molecule is CC(=O)c1ccc([C@@H]2C[C@]34CN(Cc5cccc(C(F)(F)F)c5)S(=O)(=O)[C@H]3C[C@H]2O4)cc1. The van der Waals surface area contributed by atoms with Gasteiger partial charge in [-0.05, 0) is 37.0 Å². The third kappa shape index (κ3) is 3.38. The van der Waals surface area contributed by atoms with Crippen LogP contribution < -0.4 is 0 Å². The van der Waals surface area contributed by atoms with Crippen LogP contribution >= 0.6 is 0 Å². The van der Waals surface area contributed by atoms with Crippen molar-refractivity contribution in [3.63, 3.8) is 0 Å². The molecule has 3 aliphatic heterocycles. The maximum Gasteiger partial charge on any atom is 0.416 e. The average molecular weight is 465 g/mol. The maximum atomic E-state index is 13.2. The molecule has 3 saturated heterocycles. The molecule has 2 aromatic carbocycles. The molecule has 3 aliphatic rings. The Morgan fingerprint density at radius 2 is 1.91 bits per heavy atom. The van der Waals surface area contributed by atoms with E-state index in [9.17, 15) is 26.4 Å². The zero-order valence-electron chi connectivity index (χ0n) is 17.3. The van der Waals surface area contributed by atoms with Crippen LogP contribution in [0.3, 0.4) is 0 Å². The smallest absolute Gasteiger partial charge is 0.368 e. The molecule has 0 N–H and O–H groups in total. The van der Waals surface area contributed by atoms with Gasteiger partial charge < -0.3 is 4.74 Å². The summed E-state index contributed by atoms with van der Waals surface area (Å²) >= 11 is 0. The Morgan fingerprint density at radius 3 is 2.56 bits per heavy atom. The predicted octanol–water partition coefficient (Wildman–Crippen LogP) is 4.14. The van der Waals surface area contributed by atoms with Crippen LogP contribution in [0.1, 0.15) is 52.7 Å². The monoisotopic (exact) mass is 465 g/mol. The highest BCUT2D eigenvalue weighted by atomic mass is 32.2. The van der Waals surface area contributed by atoms with Gasteiger partial charge in [-0.15, -0.1) is 0 Å².